The number of hydrogen-bond acceptors (Lipinski definition) is 3. The molecule has 0 aromatic carbocycles. The molecule has 0 fully saturated rings. The first-order chi connectivity index (χ1) is 6.18. The van der Waals surface area contributed by atoms with Crippen LogP contribution >= 0.6 is 11.8 Å². The Hall–Kier alpha value is -0.970. The number of carbonyl (C=O) groups is 1. The number of aliphatic carboxylic acids is 1. The van der Waals surface area contributed by atoms with Crippen LogP contribution in [-0.4, -0.2) is 26.1 Å². The molecule has 13 heavy (non-hydrogen) atoms. The highest BCUT2D eigenvalue weighted by Gasteiger charge is 2.07. The van der Waals surface area contributed by atoms with Gasteiger partial charge in [0.2, 0.25) is 0 Å². The Bertz CT molecular complexity index is 261. The highest BCUT2D eigenvalue weighted by molar-refractivity contribution is 7.98. The van der Waals surface area contributed by atoms with Crippen molar-refractivity contribution in [3.05, 3.63) is 18.5 Å². The van der Waals surface area contributed by atoms with Crippen LogP contribution in [0.15, 0.2) is 18.5 Å². The van der Waals surface area contributed by atoms with Crippen molar-refractivity contribution in [2.75, 3.05) is 0 Å². The molecule has 0 radical (unpaired) electrons. The van der Waals surface area contributed by atoms with Crippen LogP contribution in [0.2, 0.25) is 0 Å². The molecule has 0 bridgehead atoms. The summed E-state index contributed by atoms with van der Waals surface area (Å²) in [7, 11) is 0. The van der Waals surface area contributed by atoms with Crippen molar-refractivity contribution >= 4 is 17.7 Å². The average molecular weight is 200 g/mol. The molecule has 0 saturated heterocycles. The van der Waals surface area contributed by atoms with Gasteiger partial charge in [0.15, 0.2) is 0 Å². The van der Waals surface area contributed by atoms with Crippen molar-refractivity contribution in [1.82, 2.24) is 9.78 Å². The molecule has 1 aromatic heterocycles. The maximum absolute atomic E-state index is 10.3. The van der Waals surface area contributed by atoms with Crippen LogP contribution < -0.4 is 0 Å². The molecule has 0 aliphatic carbocycles. The summed E-state index contributed by atoms with van der Waals surface area (Å²) in [4.78, 5) is 10.3. The first-order valence-corrected chi connectivity index (χ1v) is 5.04. The first kappa shape index (κ1) is 10.1. The third-order valence-electron chi connectivity index (χ3n) is 1.51. The van der Waals surface area contributed by atoms with E-state index in [0.717, 1.165) is 0 Å². The SMILES string of the molecule is CC(CC(=O)O)SCn1cccn1. The Morgan fingerprint density at radius 2 is 2.54 bits per heavy atom. The number of carboxylic acids is 1. The van der Waals surface area contributed by atoms with Crippen molar-refractivity contribution in [2.45, 2.75) is 24.5 Å². The Morgan fingerprint density at radius 1 is 1.77 bits per heavy atom. The van der Waals surface area contributed by atoms with Gasteiger partial charge in [-0.25, -0.2) is 0 Å². The number of carboxylic acid groups (broad SMARTS) is 1. The highest BCUT2D eigenvalue weighted by atomic mass is 32.2. The maximum Gasteiger partial charge on any atom is 0.304 e. The van der Waals surface area contributed by atoms with Crippen LogP contribution in [0.3, 0.4) is 0 Å². The van der Waals surface area contributed by atoms with Gasteiger partial charge in [0.1, 0.15) is 0 Å². The summed E-state index contributed by atoms with van der Waals surface area (Å²) in [6.07, 6.45) is 3.77. The average Bonchev–Trinajstić information content (AvgIpc) is 2.51. The second-order valence-corrected chi connectivity index (χ2v) is 4.15. The van der Waals surface area contributed by atoms with Crippen LogP contribution in [0.1, 0.15) is 13.3 Å². The Labute approximate surface area is 80.9 Å². The first-order valence-electron chi connectivity index (χ1n) is 3.99. The minimum Gasteiger partial charge on any atom is -0.481 e. The van der Waals surface area contributed by atoms with E-state index in [9.17, 15) is 4.79 Å². The van der Waals surface area contributed by atoms with Crippen molar-refractivity contribution in [2.24, 2.45) is 0 Å². The lowest BCUT2D eigenvalue weighted by molar-refractivity contribution is -0.136. The zero-order chi connectivity index (χ0) is 9.68. The largest absolute Gasteiger partial charge is 0.481 e. The monoisotopic (exact) mass is 200 g/mol. The summed E-state index contributed by atoms with van der Waals surface area (Å²) in [6, 6.07) is 1.85. The Balaban J connectivity index is 2.22. The summed E-state index contributed by atoms with van der Waals surface area (Å²) in [6.45, 7) is 1.91. The molecule has 0 aliphatic heterocycles. The van der Waals surface area contributed by atoms with Gasteiger partial charge in [-0.3, -0.25) is 9.48 Å². The predicted octanol–water partition coefficient (Wildman–Crippen LogP) is 1.44. The van der Waals surface area contributed by atoms with Crippen LogP contribution in [-0.2, 0) is 10.7 Å². The van der Waals surface area contributed by atoms with Gasteiger partial charge >= 0.3 is 5.97 Å². The van der Waals surface area contributed by atoms with Gasteiger partial charge in [0, 0.05) is 17.6 Å². The maximum atomic E-state index is 10.3. The number of nitrogens with zero attached hydrogens (tertiary/aromatic N) is 2. The topological polar surface area (TPSA) is 55.1 Å². The predicted molar refractivity (Wildman–Crippen MR) is 51.5 cm³/mol. The molecule has 1 atom stereocenters. The van der Waals surface area contributed by atoms with E-state index in [1.54, 1.807) is 22.6 Å². The number of hydrogen-bond donors (Lipinski definition) is 1. The normalized spacial score (nSPS) is 12.7. The van der Waals surface area contributed by atoms with Gasteiger partial charge in [-0.2, -0.15) is 5.10 Å². The summed E-state index contributed by atoms with van der Waals surface area (Å²) >= 11 is 1.58. The van der Waals surface area contributed by atoms with Gasteiger partial charge in [-0.05, 0) is 6.07 Å². The zero-order valence-corrected chi connectivity index (χ0v) is 8.20. The Morgan fingerprint density at radius 3 is 3.08 bits per heavy atom. The van der Waals surface area contributed by atoms with Gasteiger partial charge in [0.05, 0.1) is 12.3 Å². The molecule has 4 nitrogen and oxygen atoms in total. The highest BCUT2D eigenvalue weighted by Crippen LogP contribution is 2.15. The van der Waals surface area contributed by atoms with Gasteiger partial charge < -0.3 is 5.11 Å². The summed E-state index contributed by atoms with van der Waals surface area (Å²) in [5.41, 5.74) is 0. The lowest BCUT2D eigenvalue weighted by Gasteiger charge is -2.07. The van der Waals surface area contributed by atoms with E-state index in [0.29, 0.717) is 5.88 Å². The van der Waals surface area contributed by atoms with E-state index < -0.39 is 5.97 Å². The molecule has 0 aliphatic rings. The van der Waals surface area contributed by atoms with E-state index in [1.165, 1.54) is 0 Å². The molecule has 0 amide bonds. The smallest absolute Gasteiger partial charge is 0.304 e. The van der Waals surface area contributed by atoms with Crippen LogP contribution in [0.4, 0.5) is 0 Å². The molecule has 1 aromatic rings. The fraction of sp³-hybridized carbons (Fsp3) is 0.500. The molecule has 1 N–H and O–H groups in total. The summed E-state index contributed by atoms with van der Waals surface area (Å²) in [5.74, 6) is -0.0398. The van der Waals surface area contributed by atoms with Gasteiger partial charge in [-0.1, -0.05) is 6.92 Å². The Kier molecular flexibility index (Phi) is 3.82. The second-order valence-electron chi connectivity index (χ2n) is 2.75. The van der Waals surface area contributed by atoms with E-state index >= 15 is 0 Å². The van der Waals surface area contributed by atoms with Crippen LogP contribution in [0, 0.1) is 0 Å². The lowest BCUT2D eigenvalue weighted by Crippen LogP contribution is -2.07. The molecule has 5 heteroatoms. The van der Waals surface area contributed by atoms with Crippen LogP contribution in [0.5, 0.6) is 0 Å². The van der Waals surface area contributed by atoms with E-state index in [-0.39, 0.29) is 11.7 Å². The van der Waals surface area contributed by atoms with Gasteiger partial charge in [0.25, 0.3) is 0 Å². The van der Waals surface area contributed by atoms with Gasteiger partial charge in [-0.15, -0.1) is 11.8 Å². The van der Waals surface area contributed by atoms with E-state index in [4.69, 9.17) is 5.11 Å². The molecule has 1 rings (SSSR count). The van der Waals surface area contributed by atoms with Crippen molar-refractivity contribution in [1.29, 1.82) is 0 Å². The zero-order valence-electron chi connectivity index (χ0n) is 7.38. The third kappa shape index (κ3) is 3.98. The number of thioether (sulfide) groups is 1. The fourth-order valence-electron chi connectivity index (χ4n) is 0.885. The van der Waals surface area contributed by atoms with E-state index in [1.807, 2.05) is 19.2 Å². The molecule has 72 valence electrons. The quantitative estimate of drug-likeness (QED) is 0.781. The van der Waals surface area contributed by atoms with Crippen molar-refractivity contribution in [3.63, 3.8) is 0 Å². The minimum absolute atomic E-state index is 0.127. The minimum atomic E-state index is -0.750. The molecular weight excluding hydrogens is 188 g/mol. The number of aromatic nitrogens is 2. The van der Waals surface area contributed by atoms with Crippen LogP contribution in [0.25, 0.3) is 0 Å². The van der Waals surface area contributed by atoms with E-state index in [2.05, 4.69) is 5.10 Å². The second kappa shape index (κ2) is 4.91. The van der Waals surface area contributed by atoms with Crippen molar-refractivity contribution < 1.29 is 9.90 Å². The van der Waals surface area contributed by atoms with Crippen molar-refractivity contribution in [3.8, 4) is 0 Å². The fourth-order valence-corrected chi connectivity index (χ4v) is 1.71. The third-order valence-corrected chi connectivity index (χ3v) is 2.66. The molecule has 1 unspecified atom stereocenters. The molecular formula is C8H12N2O2S. The lowest BCUT2D eigenvalue weighted by atomic mass is 10.3. The summed E-state index contributed by atoms with van der Waals surface area (Å²) < 4.78 is 1.78. The molecule has 0 saturated carbocycles. The number of rotatable bonds is 5. The molecule has 1 heterocycles. The summed E-state index contributed by atoms with van der Waals surface area (Å²) in [5, 5.41) is 12.6. The molecule has 0 spiro atoms. The standard InChI is InChI=1S/C8H12N2O2S/c1-7(5-8(11)12)13-6-10-4-2-3-9-10/h2-4,7H,5-6H2,1H3,(H,11,12).